The highest BCUT2D eigenvalue weighted by Gasteiger charge is 2.24. The average Bonchev–Trinajstić information content (AvgIpc) is 2.24. The van der Waals surface area contributed by atoms with Crippen molar-refractivity contribution in [3.63, 3.8) is 0 Å². The van der Waals surface area contributed by atoms with Crippen LogP contribution >= 0.6 is 12.4 Å². The Kier molecular flexibility index (Phi) is 11.1. The zero-order chi connectivity index (χ0) is 16.0. The molecule has 0 heterocycles. The molecule has 130 valence electrons. The first-order valence-corrected chi connectivity index (χ1v) is 8.91. The first-order valence-electron chi connectivity index (χ1n) is 7.47. The quantitative estimate of drug-likeness (QED) is 0.639. The third kappa shape index (κ3) is 12.4. The number of hydrogen-bond acceptors (Lipinski definition) is 3. The van der Waals surface area contributed by atoms with Gasteiger partial charge in [0.25, 0.3) is 10.2 Å². The van der Waals surface area contributed by atoms with Crippen LogP contribution in [0.5, 0.6) is 0 Å². The average molecular weight is 344 g/mol. The number of nitrogens with one attached hydrogen (secondary N) is 1. The summed E-state index contributed by atoms with van der Waals surface area (Å²) in [5.74, 6) is 0.968. The van der Waals surface area contributed by atoms with Crippen LogP contribution in [-0.4, -0.2) is 37.9 Å². The minimum absolute atomic E-state index is 0. The van der Waals surface area contributed by atoms with Crippen molar-refractivity contribution in [3.05, 3.63) is 0 Å². The summed E-state index contributed by atoms with van der Waals surface area (Å²) in [6, 6.07) is 0. The first kappa shape index (κ1) is 23.4. The van der Waals surface area contributed by atoms with Crippen LogP contribution in [0.1, 0.15) is 54.4 Å². The molecule has 0 radical (unpaired) electrons. The monoisotopic (exact) mass is 343 g/mol. The zero-order valence-electron chi connectivity index (χ0n) is 14.3. The minimum Gasteiger partial charge on any atom is -0.324 e. The van der Waals surface area contributed by atoms with Crippen molar-refractivity contribution in [1.29, 1.82) is 0 Å². The van der Waals surface area contributed by atoms with Gasteiger partial charge in [-0.05, 0) is 38.5 Å². The molecule has 0 aliphatic rings. The Hall–Kier alpha value is 0.120. The van der Waals surface area contributed by atoms with Gasteiger partial charge >= 0.3 is 0 Å². The van der Waals surface area contributed by atoms with Crippen molar-refractivity contribution in [2.24, 2.45) is 17.6 Å². The van der Waals surface area contributed by atoms with Gasteiger partial charge in [0.1, 0.15) is 0 Å². The van der Waals surface area contributed by atoms with E-state index in [4.69, 9.17) is 5.73 Å². The largest absolute Gasteiger partial charge is 0.324 e. The van der Waals surface area contributed by atoms with Crippen molar-refractivity contribution >= 4 is 22.6 Å². The van der Waals surface area contributed by atoms with E-state index in [1.807, 2.05) is 13.8 Å². The Labute approximate surface area is 137 Å². The molecule has 0 spiro atoms. The smallest absolute Gasteiger partial charge is 0.279 e. The van der Waals surface area contributed by atoms with Crippen LogP contribution in [-0.2, 0) is 10.2 Å². The minimum atomic E-state index is -3.44. The Bertz CT molecular complexity index is 353. The lowest BCUT2D eigenvalue weighted by Gasteiger charge is -2.26. The van der Waals surface area contributed by atoms with Gasteiger partial charge in [0, 0.05) is 25.2 Å². The molecular formula is C14H34ClN3O2S. The van der Waals surface area contributed by atoms with Gasteiger partial charge < -0.3 is 5.73 Å². The molecule has 0 aromatic rings. The van der Waals surface area contributed by atoms with Crippen molar-refractivity contribution in [1.82, 2.24) is 9.03 Å². The summed E-state index contributed by atoms with van der Waals surface area (Å²) in [6.45, 7) is 13.4. The van der Waals surface area contributed by atoms with Crippen LogP contribution in [0.3, 0.4) is 0 Å². The predicted molar refractivity (Wildman–Crippen MR) is 92.9 cm³/mol. The van der Waals surface area contributed by atoms with Crippen molar-refractivity contribution in [2.75, 3.05) is 19.6 Å². The van der Waals surface area contributed by atoms with Gasteiger partial charge in [-0.3, -0.25) is 0 Å². The predicted octanol–water partition coefficient (Wildman–Crippen LogP) is 2.37. The molecule has 0 aliphatic carbocycles. The van der Waals surface area contributed by atoms with Crippen LogP contribution in [0, 0.1) is 11.8 Å². The molecule has 0 aliphatic heterocycles. The molecule has 21 heavy (non-hydrogen) atoms. The van der Waals surface area contributed by atoms with E-state index < -0.39 is 15.7 Å². The van der Waals surface area contributed by atoms with E-state index in [9.17, 15) is 8.42 Å². The summed E-state index contributed by atoms with van der Waals surface area (Å²) in [5, 5.41) is 0. The van der Waals surface area contributed by atoms with E-state index in [1.165, 1.54) is 0 Å². The molecular weight excluding hydrogens is 310 g/mol. The fourth-order valence-corrected chi connectivity index (χ4v) is 2.95. The van der Waals surface area contributed by atoms with Crippen molar-refractivity contribution in [2.45, 2.75) is 59.9 Å². The summed E-state index contributed by atoms with van der Waals surface area (Å²) in [6.07, 6.45) is 1.73. The van der Waals surface area contributed by atoms with Gasteiger partial charge in [-0.25, -0.2) is 4.72 Å². The van der Waals surface area contributed by atoms with E-state index in [2.05, 4.69) is 32.4 Å². The Morgan fingerprint density at radius 3 is 1.71 bits per heavy atom. The van der Waals surface area contributed by atoms with Crippen LogP contribution < -0.4 is 10.5 Å². The maximum Gasteiger partial charge on any atom is 0.279 e. The van der Waals surface area contributed by atoms with E-state index in [-0.39, 0.29) is 19.0 Å². The van der Waals surface area contributed by atoms with Crippen LogP contribution in [0.25, 0.3) is 0 Å². The third-order valence-electron chi connectivity index (χ3n) is 2.96. The molecule has 0 rings (SSSR count). The fourth-order valence-electron chi connectivity index (χ4n) is 1.53. The summed E-state index contributed by atoms with van der Waals surface area (Å²) in [4.78, 5) is 0. The zero-order valence-corrected chi connectivity index (χ0v) is 16.0. The summed E-state index contributed by atoms with van der Waals surface area (Å²) in [7, 11) is -3.44. The fraction of sp³-hybridized carbons (Fsp3) is 1.00. The Balaban J connectivity index is 0. The number of halogens is 1. The SMILES string of the molecule is CC(C)CCN(CCC(C)C)S(=O)(=O)NCC(C)(C)N.Cl. The molecule has 0 saturated heterocycles. The lowest BCUT2D eigenvalue weighted by molar-refractivity contribution is 0.349. The molecule has 7 heteroatoms. The first-order chi connectivity index (χ1) is 8.94. The number of nitrogens with zero attached hydrogens (tertiary/aromatic N) is 1. The molecule has 0 aromatic carbocycles. The van der Waals surface area contributed by atoms with Gasteiger partial charge in [-0.2, -0.15) is 12.7 Å². The molecule has 0 amide bonds. The third-order valence-corrected chi connectivity index (χ3v) is 4.52. The van der Waals surface area contributed by atoms with Gasteiger partial charge in [0.15, 0.2) is 0 Å². The highest BCUT2D eigenvalue weighted by Crippen LogP contribution is 2.10. The second-order valence-electron chi connectivity index (χ2n) is 7.08. The summed E-state index contributed by atoms with van der Waals surface area (Å²) < 4.78 is 28.9. The topological polar surface area (TPSA) is 75.4 Å². The number of nitrogens with two attached hydrogens (primary N) is 1. The summed E-state index contributed by atoms with van der Waals surface area (Å²) >= 11 is 0. The highest BCUT2D eigenvalue weighted by molar-refractivity contribution is 7.87. The lowest BCUT2D eigenvalue weighted by atomic mass is 10.1. The van der Waals surface area contributed by atoms with Crippen molar-refractivity contribution in [3.8, 4) is 0 Å². The van der Waals surface area contributed by atoms with E-state index >= 15 is 0 Å². The van der Waals surface area contributed by atoms with Gasteiger partial charge in [-0.1, -0.05) is 27.7 Å². The standard InChI is InChI=1S/C14H33N3O2S.ClH/c1-12(2)7-9-17(10-8-13(3)4)20(18,19)16-11-14(5,6)15;/h12-13,16H,7-11,15H2,1-6H3;1H. The molecule has 5 nitrogen and oxygen atoms in total. The molecule has 0 aromatic heterocycles. The molecule has 0 saturated carbocycles. The summed E-state index contributed by atoms with van der Waals surface area (Å²) in [5.41, 5.74) is 5.29. The second kappa shape index (κ2) is 10.0. The molecule has 0 fully saturated rings. The number of rotatable bonds is 10. The van der Waals surface area contributed by atoms with Crippen LogP contribution in [0.2, 0.25) is 0 Å². The van der Waals surface area contributed by atoms with Gasteiger partial charge in [0.2, 0.25) is 0 Å². The van der Waals surface area contributed by atoms with Gasteiger partial charge in [0.05, 0.1) is 0 Å². The normalized spacial score (nSPS) is 13.0. The van der Waals surface area contributed by atoms with E-state index in [0.29, 0.717) is 24.9 Å². The Morgan fingerprint density at radius 1 is 1.05 bits per heavy atom. The second-order valence-corrected chi connectivity index (χ2v) is 8.83. The van der Waals surface area contributed by atoms with Crippen molar-refractivity contribution < 1.29 is 8.42 Å². The highest BCUT2D eigenvalue weighted by atomic mass is 35.5. The van der Waals surface area contributed by atoms with Gasteiger partial charge in [-0.15, -0.1) is 12.4 Å². The maximum atomic E-state index is 12.4. The van der Waals surface area contributed by atoms with Crippen LogP contribution in [0.4, 0.5) is 0 Å². The molecule has 0 bridgehead atoms. The van der Waals surface area contributed by atoms with E-state index in [0.717, 1.165) is 12.8 Å². The molecule has 0 unspecified atom stereocenters. The molecule has 3 N–H and O–H groups in total. The Morgan fingerprint density at radius 2 is 1.43 bits per heavy atom. The number of hydrogen-bond donors (Lipinski definition) is 2. The lowest BCUT2D eigenvalue weighted by Crippen LogP contribution is -2.50. The van der Waals surface area contributed by atoms with Crippen LogP contribution in [0.15, 0.2) is 0 Å². The maximum absolute atomic E-state index is 12.4. The van der Waals surface area contributed by atoms with E-state index in [1.54, 1.807) is 4.31 Å². The molecule has 0 atom stereocenters.